The largest absolute Gasteiger partial charge is 0.399 e. The van der Waals surface area contributed by atoms with Crippen molar-refractivity contribution in [2.45, 2.75) is 25.2 Å². The molecule has 4 heteroatoms. The molecule has 2 aliphatic heterocycles. The van der Waals surface area contributed by atoms with Crippen molar-refractivity contribution in [3.63, 3.8) is 0 Å². The molecule has 1 spiro atoms. The Hall–Kier alpha value is -2.33. The van der Waals surface area contributed by atoms with Gasteiger partial charge in [0.05, 0.1) is 11.1 Å². The molecule has 1 saturated heterocycles. The van der Waals surface area contributed by atoms with Gasteiger partial charge in [0, 0.05) is 24.6 Å². The Labute approximate surface area is 135 Å². The number of carbonyl (C=O) groups is 1. The summed E-state index contributed by atoms with van der Waals surface area (Å²) >= 11 is 0. The molecule has 1 amide bonds. The van der Waals surface area contributed by atoms with E-state index in [2.05, 4.69) is 0 Å². The van der Waals surface area contributed by atoms with Crippen LogP contribution in [0.1, 0.15) is 24.0 Å². The van der Waals surface area contributed by atoms with Crippen molar-refractivity contribution in [3.8, 4) is 0 Å². The van der Waals surface area contributed by atoms with Gasteiger partial charge in [0.15, 0.2) is 0 Å². The normalized spacial score (nSPS) is 19.2. The van der Waals surface area contributed by atoms with Crippen LogP contribution in [0.15, 0.2) is 42.5 Å². The van der Waals surface area contributed by atoms with E-state index in [1.165, 1.54) is 5.56 Å². The molecule has 0 unspecified atom stereocenters. The third-order valence-corrected chi connectivity index (χ3v) is 5.03. The van der Waals surface area contributed by atoms with Crippen molar-refractivity contribution < 1.29 is 9.53 Å². The quantitative estimate of drug-likeness (QED) is 0.822. The van der Waals surface area contributed by atoms with Crippen LogP contribution in [0.3, 0.4) is 0 Å². The number of rotatable bonds is 1. The maximum absolute atomic E-state index is 13.4. The molecule has 23 heavy (non-hydrogen) atoms. The highest BCUT2D eigenvalue weighted by Crippen LogP contribution is 2.50. The molecule has 4 rings (SSSR count). The predicted molar refractivity (Wildman–Crippen MR) is 90.9 cm³/mol. The van der Waals surface area contributed by atoms with Gasteiger partial charge in [-0.1, -0.05) is 17.7 Å². The van der Waals surface area contributed by atoms with E-state index in [1.54, 1.807) is 0 Å². The summed E-state index contributed by atoms with van der Waals surface area (Å²) in [6.45, 7) is 3.27. The first-order chi connectivity index (χ1) is 11.1. The maximum Gasteiger partial charge on any atom is 0.242 e. The van der Waals surface area contributed by atoms with Crippen LogP contribution in [-0.2, 0) is 14.9 Å². The average Bonchev–Trinajstić information content (AvgIpc) is 2.79. The van der Waals surface area contributed by atoms with E-state index in [1.807, 2.05) is 54.3 Å². The molecule has 1 fully saturated rings. The van der Waals surface area contributed by atoms with Crippen LogP contribution in [0.2, 0.25) is 0 Å². The summed E-state index contributed by atoms with van der Waals surface area (Å²) in [6, 6.07) is 13.9. The molecule has 2 aliphatic rings. The fourth-order valence-electron chi connectivity index (χ4n) is 3.72. The Morgan fingerprint density at radius 3 is 2.48 bits per heavy atom. The lowest BCUT2D eigenvalue weighted by Gasteiger charge is -2.32. The molecule has 118 valence electrons. The van der Waals surface area contributed by atoms with Crippen molar-refractivity contribution >= 4 is 23.0 Å². The molecule has 0 aliphatic carbocycles. The van der Waals surface area contributed by atoms with Crippen molar-refractivity contribution in [3.05, 3.63) is 53.6 Å². The van der Waals surface area contributed by atoms with Gasteiger partial charge in [0.2, 0.25) is 5.91 Å². The minimum Gasteiger partial charge on any atom is -0.399 e. The zero-order valence-electron chi connectivity index (χ0n) is 13.2. The number of hydrogen-bond donors (Lipinski definition) is 1. The molecule has 0 aromatic heterocycles. The number of carbonyl (C=O) groups excluding carboxylic acids is 1. The van der Waals surface area contributed by atoms with Crippen LogP contribution in [0.25, 0.3) is 0 Å². The van der Waals surface area contributed by atoms with Gasteiger partial charge in [0.25, 0.3) is 0 Å². The first kappa shape index (κ1) is 14.3. The van der Waals surface area contributed by atoms with Crippen LogP contribution < -0.4 is 10.6 Å². The molecule has 0 radical (unpaired) electrons. The summed E-state index contributed by atoms with van der Waals surface area (Å²) in [4.78, 5) is 15.2. The monoisotopic (exact) mass is 308 g/mol. The zero-order chi connectivity index (χ0) is 16.0. The highest BCUT2D eigenvalue weighted by molar-refractivity contribution is 6.13. The van der Waals surface area contributed by atoms with Crippen LogP contribution >= 0.6 is 0 Å². The molecule has 2 heterocycles. The van der Waals surface area contributed by atoms with Crippen LogP contribution in [0, 0.1) is 6.92 Å². The number of nitrogens with two attached hydrogens (primary N) is 1. The van der Waals surface area contributed by atoms with Crippen LogP contribution in [0.4, 0.5) is 17.1 Å². The average molecular weight is 308 g/mol. The molecule has 2 aromatic rings. The lowest BCUT2D eigenvalue weighted by molar-refractivity contribution is -0.125. The number of nitrogens with zero attached hydrogens (tertiary/aromatic N) is 1. The summed E-state index contributed by atoms with van der Waals surface area (Å²) in [7, 11) is 0. The number of anilines is 3. The number of amides is 1. The van der Waals surface area contributed by atoms with E-state index < -0.39 is 5.41 Å². The van der Waals surface area contributed by atoms with E-state index in [-0.39, 0.29) is 5.91 Å². The van der Waals surface area contributed by atoms with Gasteiger partial charge in [-0.15, -0.1) is 0 Å². The minimum atomic E-state index is -0.492. The highest BCUT2D eigenvalue weighted by atomic mass is 16.5. The van der Waals surface area contributed by atoms with Crippen molar-refractivity contribution in [1.82, 2.24) is 0 Å². The van der Waals surface area contributed by atoms with Crippen molar-refractivity contribution in [2.24, 2.45) is 0 Å². The summed E-state index contributed by atoms with van der Waals surface area (Å²) in [5.74, 6) is 0.144. The second-order valence-corrected chi connectivity index (χ2v) is 6.45. The highest BCUT2D eigenvalue weighted by Gasteiger charge is 2.51. The predicted octanol–water partition coefficient (Wildman–Crippen LogP) is 3.30. The van der Waals surface area contributed by atoms with Gasteiger partial charge < -0.3 is 10.5 Å². The van der Waals surface area contributed by atoms with Gasteiger partial charge in [-0.3, -0.25) is 9.69 Å². The fraction of sp³-hybridized carbons (Fsp3) is 0.316. The zero-order valence-corrected chi connectivity index (χ0v) is 13.2. The summed E-state index contributed by atoms with van der Waals surface area (Å²) in [5.41, 5.74) is 10.3. The Balaban J connectivity index is 1.89. The Morgan fingerprint density at radius 1 is 1.09 bits per heavy atom. The molecular formula is C19H20N2O2. The van der Waals surface area contributed by atoms with Gasteiger partial charge in [-0.05, 0) is 55.7 Å². The topological polar surface area (TPSA) is 55.6 Å². The minimum absolute atomic E-state index is 0.144. The summed E-state index contributed by atoms with van der Waals surface area (Å²) in [5, 5.41) is 0. The third kappa shape index (κ3) is 2.05. The lowest BCUT2D eigenvalue weighted by Crippen LogP contribution is -2.42. The second-order valence-electron chi connectivity index (χ2n) is 6.45. The number of benzene rings is 2. The molecule has 2 N–H and O–H groups in total. The first-order valence-corrected chi connectivity index (χ1v) is 8.01. The van der Waals surface area contributed by atoms with Gasteiger partial charge >= 0.3 is 0 Å². The molecule has 0 bridgehead atoms. The maximum atomic E-state index is 13.4. The van der Waals surface area contributed by atoms with E-state index in [0.717, 1.165) is 16.9 Å². The molecule has 4 nitrogen and oxygen atoms in total. The molecular weight excluding hydrogens is 288 g/mol. The van der Waals surface area contributed by atoms with Crippen molar-refractivity contribution in [2.75, 3.05) is 23.8 Å². The Morgan fingerprint density at radius 2 is 1.78 bits per heavy atom. The van der Waals surface area contributed by atoms with Crippen molar-refractivity contribution in [1.29, 1.82) is 0 Å². The number of nitrogen functional groups attached to an aromatic ring is 1. The van der Waals surface area contributed by atoms with Gasteiger partial charge in [0.1, 0.15) is 0 Å². The molecule has 0 atom stereocenters. The number of hydrogen-bond acceptors (Lipinski definition) is 3. The lowest BCUT2D eigenvalue weighted by atomic mass is 9.75. The molecule has 2 aromatic carbocycles. The number of ether oxygens (including phenoxy) is 1. The molecule has 0 saturated carbocycles. The van der Waals surface area contributed by atoms with Gasteiger partial charge in [-0.2, -0.15) is 0 Å². The first-order valence-electron chi connectivity index (χ1n) is 8.01. The summed E-state index contributed by atoms with van der Waals surface area (Å²) in [6.07, 6.45) is 1.43. The van der Waals surface area contributed by atoms with Crippen LogP contribution in [-0.4, -0.2) is 19.1 Å². The Bertz CT molecular complexity index is 761. The summed E-state index contributed by atoms with van der Waals surface area (Å²) < 4.78 is 5.50. The standard InChI is InChI=1S/C19H20N2O2/c1-13-2-5-15(6-3-13)21-17-7-4-14(20)12-16(17)19(18(21)22)8-10-23-11-9-19/h2-7,12H,8-11,20H2,1H3. The third-order valence-electron chi connectivity index (χ3n) is 5.03. The van der Waals surface area contributed by atoms with E-state index in [0.29, 0.717) is 31.7 Å². The fourth-order valence-corrected chi connectivity index (χ4v) is 3.72. The Kier molecular flexibility index (Phi) is 3.16. The van der Waals surface area contributed by atoms with Gasteiger partial charge in [-0.25, -0.2) is 0 Å². The SMILES string of the molecule is Cc1ccc(N2C(=O)C3(CCOCC3)c3cc(N)ccc32)cc1. The smallest absolute Gasteiger partial charge is 0.242 e. The van der Waals surface area contributed by atoms with Crippen LogP contribution in [0.5, 0.6) is 0 Å². The van der Waals surface area contributed by atoms with E-state index in [4.69, 9.17) is 10.5 Å². The van der Waals surface area contributed by atoms with E-state index >= 15 is 0 Å². The van der Waals surface area contributed by atoms with E-state index in [9.17, 15) is 4.79 Å². The number of fused-ring (bicyclic) bond motifs is 2. The second kappa shape index (κ2) is 5.10. The number of aryl methyl sites for hydroxylation is 1.